The molecule has 0 aliphatic heterocycles. The van der Waals surface area contributed by atoms with E-state index in [4.69, 9.17) is 0 Å². The van der Waals surface area contributed by atoms with Gasteiger partial charge in [0, 0.05) is 14.1 Å². The summed E-state index contributed by atoms with van der Waals surface area (Å²) >= 11 is 3.83. The quantitative estimate of drug-likeness (QED) is 0.506. The van der Waals surface area contributed by atoms with E-state index in [0.717, 1.165) is 0 Å². The van der Waals surface area contributed by atoms with Gasteiger partial charge in [-0.05, 0) is 6.92 Å². The van der Waals surface area contributed by atoms with Gasteiger partial charge in [0.05, 0.1) is 5.25 Å². The first-order chi connectivity index (χ1) is 3.55. The van der Waals surface area contributed by atoms with Crippen LogP contribution in [0.15, 0.2) is 0 Å². The van der Waals surface area contributed by atoms with Crippen LogP contribution in [0.1, 0.15) is 0 Å². The molecule has 1 atom stereocenters. The van der Waals surface area contributed by atoms with Crippen LogP contribution in [0.25, 0.3) is 0 Å². The van der Waals surface area contributed by atoms with Crippen molar-refractivity contribution in [1.82, 2.24) is 4.90 Å². The summed E-state index contributed by atoms with van der Waals surface area (Å²) in [4.78, 5) is 12.1. The van der Waals surface area contributed by atoms with Crippen molar-refractivity contribution in [2.45, 2.75) is 5.25 Å². The molecule has 0 aliphatic carbocycles. The third-order valence-electron chi connectivity index (χ3n) is 0.726. The van der Waals surface area contributed by atoms with Crippen molar-refractivity contribution < 1.29 is 4.79 Å². The summed E-state index contributed by atoms with van der Waals surface area (Å²) in [6, 6.07) is 0. The normalized spacial score (nSPS) is 13.0. The molecule has 0 aromatic carbocycles. The lowest BCUT2D eigenvalue weighted by molar-refractivity contribution is -0.127. The van der Waals surface area contributed by atoms with Crippen LogP contribution in [0.4, 0.5) is 0 Å². The Bertz CT molecular complexity index is 80.4. The largest absolute Gasteiger partial charge is 0.348 e. The van der Waals surface area contributed by atoms with Crippen LogP contribution in [0.3, 0.4) is 0 Å². The van der Waals surface area contributed by atoms with E-state index in [1.807, 2.05) is 0 Å². The van der Waals surface area contributed by atoms with E-state index in [1.54, 1.807) is 14.1 Å². The molecule has 0 aromatic heterocycles. The summed E-state index contributed by atoms with van der Waals surface area (Å²) in [7, 11) is 3.35. The summed E-state index contributed by atoms with van der Waals surface area (Å²) in [5, 5.41) is -0.426. The molecule has 0 saturated carbocycles. The molecule has 0 N–H and O–H groups in total. The second-order valence-corrected chi connectivity index (χ2v) is 2.37. The standard InChI is InChI=1S/C5H10NOS/c1-4(8)5(7)6(2)3/h4,8H,1H2,2-3H3. The minimum Gasteiger partial charge on any atom is -0.348 e. The number of hydrogen-bond acceptors (Lipinski definition) is 2. The highest BCUT2D eigenvalue weighted by Gasteiger charge is 2.08. The molecule has 1 unspecified atom stereocenters. The Morgan fingerprint density at radius 2 is 2.12 bits per heavy atom. The average Bonchev–Trinajstić information content (AvgIpc) is 1.64. The van der Waals surface area contributed by atoms with Gasteiger partial charge in [0.25, 0.3) is 0 Å². The van der Waals surface area contributed by atoms with Crippen molar-refractivity contribution in [2.75, 3.05) is 14.1 Å². The van der Waals surface area contributed by atoms with Gasteiger partial charge in [0.1, 0.15) is 0 Å². The van der Waals surface area contributed by atoms with E-state index >= 15 is 0 Å². The van der Waals surface area contributed by atoms with Crippen LogP contribution in [-0.4, -0.2) is 30.2 Å². The van der Waals surface area contributed by atoms with Crippen molar-refractivity contribution in [3.63, 3.8) is 0 Å². The molecule has 0 fully saturated rings. The van der Waals surface area contributed by atoms with Crippen LogP contribution in [0, 0.1) is 6.92 Å². The summed E-state index contributed by atoms with van der Waals surface area (Å²) < 4.78 is 0. The van der Waals surface area contributed by atoms with Gasteiger partial charge >= 0.3 is 0 Å². The molecule has 8 heavy (non-hydrogen) atoms. The Morgan fingerprint density at radius 1 is 1.75 bits per heavy atom. The average molecular weight is 132 g/mol. The van der Waals surface area contributed by atoms with E-state index < -0.39 is 5.25 Å². The van der Waals surface area contributed by atoms with Crippen LogP contribution in [0.2, 0.25) is 0 Å². The van der Waals surface area contributed by atoms with E-state index in [-0.39, 0.29) is 5.91 Å². The van der Waals surface area contributed by atoms with Crippen LogP contribution in [-0.2, 0) is 4.79 Å². The van der Waals surface area contributed by atoms with Crippen LogP contribution in [0.5, 0.6) is 0 Å². The second-order valence-electron chi connectivity index (χ2n) is 1.75. The van der Waals surface area contributed by atoms with Crippen LogP contribution < -0.4 is 0 Å². The molecule has 1 amide bonds. The zero-order chi connectivity index (χ0) is 6.73. The van der Waals surface area contributed by atoms with E-state index in [9.17, 15) is 4.79 Å². The van der Waals surface area contributed by atoms with Gasteiger partial charge < -0.3 is 4.90 Å². The highest BCUT2D eigenvalue weighted by atomic mass is 32.1. The summed E-state index contributed by atoms with van der Waals surface area (Å²) in [6.45, 7) is 3.43. The maximum atomic E-state index is 10.6. The zero-order valence-electron chi connectivity index (χ0n) is 5.09. The zero-order valence-corrected chi connectivity index (χ0v) is 5.98. The minimum absolute atomic E-state index is 0.0617. The maximum absolute atomic E-state index is 10.6. The third-order valence-corrected chi connectivity index (χ3v) is 0.947. The predicted octanol–water partition coefficient (Wildman–Crippen LogP) is 0.207. The number of thiol groups is 1. The lowest BCUT2D eigenvalue weighted by Gasteiger charge is -2.11. The fourth-order valence-corrected chi connectivity index (χ4v) is 0.529. The molecule has 0 heterocycles. The number of carbonyl (C=O) groups is 1. The number of nitrogens with zero attached hydrogens (tertiary/aromatic N) is 1. The topological polar surface area (TPSA) is 20.3 Å². The summed E-state index contributed by atoms with van der Waals surface area (Å²) in [5.41, 5.74) is 0. The van der Waals surface area contributed by atoms with Gasteiger partial charge in [-0.2, -0.15) is 12.6 Å². The van der Waals surface area contributed by atoms with Crippen molar-refractivity contribution in [3.8, 4) is 0 Å². The lowest BCUT2D eigenvalue weighted by Crippen LogP contribution is -2.28. The monoisotopic (exact) mass is 132 g/mol. The van der Waals surface area contributed by atoms with E-state index in [1.165, 1.54) is 4.90 Å². The molecule has 0 aliphatic rings. The third kappa shape index (κ3) is 2.21. The van der Waals surface area contributed by atoms with Gasteiger partial charge in [-0.3, -0.25) is 4.79 Å². The van der Waals surface area contributed by atoms with Gasteiger partial charge in [-0.1, -0.05) is 0 Å². The first kappa shape index (κ1) is 7.82. The predicted molar refractivity (Wildman–Crippen MR) is 36.8 cm³/mol. The Hall–Kier alpha value is -0.180. The van der Waals surface area contributed by atoms with E-state index in [0.29, 0.717) is 0 Å². The molecule has 0 bridgehead atoms. The van der Waals surface area contributed by atoms with Crippen molar-refractivity contribution in [3.05, 3.63) is 6.92 Å². The summed E-state index contributed by atoms with van der Waals surface area (Å²) in [5.74, 6) is -0.0617. The van der Waals surface area contributed by atoms with Crippen LogP contribution >= 0.6 is 12.6 Å². The molecule has 0 saturated heterocycles. The Kier molecular flexibility index (Phi) is 2.90. The Balaban J connectivity index is 3.65. The molecular formula is C5H10NOS. The van der Waals surface area contributed by atoms with Crippen molar-refractivity contribution >= 4 is 18.5 Å². The first-order valence-corrected chi connectivity index (χ1v) is 2.79. The van der Waals surface area contributed by atoms with Crippen molar-refractivity contribution in [2.24, 2.45) is 0 Å². The van der Waals surface area contributed by atoms with Gasteiger partial charge in [-0.25, -0.2) is 0 Å². The fraction of sp³-hybridized carbons (Fsp3) is 0.600. The number of hydrogen-bond donors (Lipinski definition) is 1. The van der Waals surface area contributed by atoms with E-state index in [2.05, 4.69) is 19.6 Å². The number of rotatable bonds is 1. The maximum Gasteiger partial charge on any atom is 0.234 e. The fourth-order valence-electron chi connectivity index (χ4n) is 0.298. The minimum atomic E-state index is -0.426. The Labute approximate surface area is 55.3 Å². The van der Waals surface area contributed by atoms with Gasteiger partial charge in [0.2, 0.25) is 5.91 Å². The summed E-state index contributed by atoms with van der Waals surface area (Å²) in [6.07, 6.45) is 0. The molecule has 2 nitrogen and oxygen atoms in total. The van der Waals surface area contributed by atoms with Crippen molar-refractivity contribution in [1.29, 1.82) is 0 Å². The smallest absolute Gasteiger partial charge is 0.234 e. The molecule has 3 heteroatoms. The first-order valence-electron chi connectivity index (χ1n) is 2.28. The molecule has 0 rings (SSSR count). The van der Waals surface area contributed by atoms with Gasteiger partial charge in [0.15, 0.2) is 0 Å². The SMILES string of the molecule is [CH2]C(S)C(=O)N(C)C. The van der Waals surface area contributed by atoms with Gasteiger partial charge in [-0.15, -0.1) is 0 Å². The number of carbonyl (C=O) groups excluding carboxylic acids is 1. The lowest BCUT2D eigenvalue weighted by atomic mass is 10.4. The molecule has 1 radical (unpaired) electrons. The molecule has 0 spiro atoms. The molecular weight excluding hydrogens is 122 g/mol. The second kappa shape index (κ2) is 2.97. The highest BCUT2D eigenvalue weighted by molar-refractivity contribution is 7.81. The molecule has 0 aromatic rings. The molecule has 47 valence electrons. The Morgan fingerprint density at radius 3 is 2.12 bits per heavy atom. The number of amides is 1. The highest BCUT2D eigenvalue weighted by Crippen LogP contribution is 1.94.